The van der Waals surface area contributed by atoms with E-state index in [1.54, 1.807) is 17.0 Å². The van der Waals surface area contributed by atoms with Crippen molar-refractivity contribution in [3.8, 4) is 0 Å². The summed E-state index contributed by atoms with van der Waals surface area (Å²) in [6.45, 7) is 5.71. The summed E-state index contributed by atoms with van der Waals surface area (Å²) in [5.41, 5.74) is 1.39. The van der Waals surface area contributed by atoms with Crippen molar-refractivity contribution < 1.29 is 19.0 Å². The molecule has 1 aromatic carbocycles. The molecule has 0 aromatic heterocycles. The number of aliphatic hydroxyl groups is 1. The molecule has 2 saturated heterocycles. The van der Waals surface area contributed by atoms with Crippen molar-refractivity contribution in [1.29, 1.82) is 0 Å². The molecular weight excluding hydrogens is 528 g/mol. The van der Waals surface area contributed by atoms with Gasteiger partial charge in [0, 0.05) is 38.8 Å². The Kier molecular flexibility index (Phi) is 10.8. The van der Waals surface area contributed by atoms with E-state index in [-0.39, 0.29) is 48.0 Å². The van der Waals surface area contributed by atoms with E-state index in [1.807, 2.05) is 17.9 Å². The highest BCUT2D eigenvalue weighted by atomic mass is 127. The molecule has 0 atom stereocenters. The number of rotatable bonds is 5. The van der Waals surface area contributed by atoms with Crippen LogP contribution in [0, 0.1) is 5.82 Å². The lowest BCUT2D eigenvalue weighted by molar-refractivity contribution is 0.111. The van der Waals surface area contributed by atoms with E-state index in [0.717, 1.165) is 24.9 Å². The Bertz CT molecular complexity index is 766. The number of benzene rings is 1. The number of piperidine rings is 2. The standard InChI is InChI=1S/C22H34FN5O3.HI/c1-3-24-21(26-17-6-10-28(11-7-17)22(30)31-2)25-15-16-4-5-20(19(23)14-16)27-12-8-18(29)9-13-27;/h4-5,14,17-18,29H,3,6-13,15H2,1-2H3,(H2,24,25,26);1H. The second-order valence-electron chi connectivity index (χ2n) is 8.07. The monoisotopic (exact) mass is 563 g/mol. The molecule has 0 saturated carbocycles. The van der Waals surface area contributed by atoms with Crippen molar-refractivity contribution in [3.05, 3.63) is 29.6 Å². The van der Waals surface area contributed by atoms with E-state index >= 15 is 0 Å². The maximum atomic E-state index is 14.7. The number of hydrogen-bond donors (Lipinski definition) is 3. The summed E-state index contributed by atoms with van der Waals surface area (Å²) in [4.78, 5) is 19.9. The fourth-order valence-electron chi connectivity index (χ4n) is 4.03. The molecule has 3 N–H and O–H groups in total. The molecule has 0 bridgehead atoms. The third-order valence-corrected chi connectivity index (χ3v) is 5.85. The molecule has 10 heteroatoms. The summed E-state index contributed by atoms with van der Waals surface area (Å²) >= 11 is 0. The Morgan fingerprint density at radius 1 is 1.22 bits per heavy atom. The number of aliphatic hydroxyl groups excluding tert-OH is 1. The first-order valence-electron chi connectivity index (χ1n) is 11.1. The maximum Gasteiger partial charge on any atom is 0.409 e. The normalized spacial score (nSPS) is 18.2. The lowest BCUT2D eigenvalue weighted by Crippen LogP contribution is -2.49. The molecule has 1 amide bonds. The number of guanidine groups is 1. The molecular formula is C22H35FIN5O3. The molecule has 2 aliphatic heterocycles. The van der Waals surface area contributed by atoms with Crippen molar-refractivity contribution in [1.82, 2.24) is 15.5 Å². The van der Waals surface area contributed by atoms with Crippen LogP contribution in [0.3, 0.4) is 0 Å². The fraction of sp³-hybridized carbons (Fsp3) is 0.636. The first-order chi connectivity index (χ1) is 15.0. The number of carbonyl (C=O) groups excluding carboxylic acids is 1. The Morgan fingerprint density at radius 2 is 1.91 bits per heavy atom. The van der Waals surface area contributed by atoms with Gasteiger partial charge >= 0.3 is 6.09 Å². The summed E-state index contributed by atoms with van der Waals surface area (Å²) in [6, 6.07) is 5.47. The van der Waals surface area contributed by atoms with Crippen LogP contribution in [0.15, 0.2) is 23.2 Å². The average molecular weight is 563 g/mol. The van der Waals surface area contributed by atoms with Crippen LogP contribution in [0.2, 0.25) is 0 Å². The Hall–Kier alpha value is -1.82. The van der Waals surface area contributed by atoms with Gasteiger partial charge in [-0.05, 0) is 50.3 Å². The van der Waals surface area contributed by atoms with E-state index in [1.165, 1.54) is 7.11 Å². The number of likely N-dealkylation sites (tertiary alicyclic amines) is 1. The minimum Gasteiger partial charge on any atom is -0.453 e. The van der Waals surface area contributed by atoms with Crippen molar-refractivity contribution in [3.63, 3.8) is 0 Å². The smallest absolute Gasteiger partial charge is 0.409 e. The second-order valence-corrected chi connectivity index (χ2v) is 8.07. The molecule has 3 rings (SSSR count). The number of nitrogens with zero attached hydrogens (tertiary/aromatic N) is 3. The van der Waals surface area contributed by atoms with Crippen molar-refractivity contribution in [2.45, 2.75) is 51.3 Å². The van der Waals surface area contributed by atoms with E-state index in [4.69, 9.17) is 4.74 Å². The highest BCUT2D eigenvalue weighted by molar-refractivity contribution is 14.0. The van der Waals surface area contributed by atoms with Gasteiger partial charge in [0.05, 0.1) is 25.4 Å². The summed E-state index contributed by atoms with van der Waals surface area (Å²) in [5.74, 6) is 0.436. The molecule has 2 aliphatic rings. The molecule has 2 fully saturated rings. The Labute approximate surface area is 206 Å². The number of ether oxygens (including phenoxy) is 1. The molecule has 2 heterocycles. The zero-order valence-electron chi connectivity index (χ0n) is 18.8. The SMILES string of the molecule is CCNC(=NCc1ccc(N2CCC(O)CC2)c(F)c1)NC1CCN(C(=O)OC)CC1.I. The zero-order chi connectivity index (χ0) is 22.2. The van der Waals surface area contributed by atoms with Crippen LogP contribution in [-0.2, 0) is 11.3 Å². The van der Waals surface area contributed by atoms with Gasteiger partial charge in [-0.1, -0.05) is 6.07 Å². The predicted molar refractivity (Wildman–Crippen MR) is 134 cm³/mol. The zero-order valence-corrected chi connectivity index (χ0v) is 21.2. The Morgan fingerprint density at radius 3 is 2.50 bits per heavy atom. The molecule has 32 heavy (non-hydrogen) atoms. The van der Waals surface area contributed by atoms with Gasteiger partial charge in [0.2, 0.25) is 0 Å². The number of anilines is 1. The summed E-state index contributed by atoms with van der Waals surface area (Å²) < 4.78 is 19.5. The van der Waals surface area contributed by atoms with Gasteiger partial charge in [-0.15, -0.1) is 24.0 Å². The first kappa shape index (κ1) is 26.4. The van der Waals surface area contributed by atoms with Crippen molar-refractivity contribution in [2.24, 2.45) is 4.99 Å². The third-order valence-electron chi connectivity index (χ3n) is 5.85. The van der Waals surface area contributed by atoms with Gasteiger partial charge in [-0.25, -0.2) is 14.2 Å². The van der Waals surface area contributed by atoms with Crippen LogP contribution in [0.5, 0.6) is 0 Å². The second kappa shape index (κ2) is 13.0. The number of carbonyl (C=O) groups is 1. The quantitative estimate of drug-likeness (QED) is 0.290. The van der Waals surface area contributed by atoms with Crippen LogP contribution in [0.1, 0.15) is 38.2 Å². The van der Waals surface area contributed by atoms with Crippen LogP contribution in [-0.4, -0.2) is 74.0 Å². The number of aliphatic imine (C=N–C) groups is 1. The number of amides is 1. The van der Waals surface area contributed by atoms with E-state index < -0.39 is 0 Å². The highest BCUT2D eigenvalue weighted by Gasteiger charge is 2.24. The van der Waals surface area contributed by atoms with E-state index in [0.29, 0.717) is 57.2 Å². The molecule has 0 aliphatic carbocycles. The van der Waals surface area contributed by atoms with Gasteiger partial charge in [0.25, 0.3) is 0 Å². The number of methoxy groups -OCH3 is 1. The minimum atomic E-state index is -0.287. The van der Waals surface area contributed by atoms with Gasteiger partial charge in [0.1, 0.15) is 5.82 Å². The number of hydrogen-bond acceptors (Lipinski definition) is 5. The molecule has 0 spiro atoms. The Balaban J connectivity index is 0.00000363. The van der Waals surface area contributed by atoms with E-state index in [2.05, 4.69) is 15.6 Å². The van der Waals surface area contributed by atoms with Crippen LogP contribution in [0.4, 0.5) is 14.9 Å². The molecule has 1 aromatic rings. The van der Waals surface area contributed by atoms with Gasteiger partial charge in [0.15, 0.2) is 5.96 Å². The number of halogens is 2. The van der Waals surface area contributed by atoms with Crippen molar-refractivity contribution in [2.75, 3.05) is 44.7 Å². The lowest BCUT2D eigenvalue weighted by Gasteiger charge is -2.32. The summed E-state index contributed by atoms with van der Waals surface area (Å²) in [5, 5.41) is 16.3. The lowest BCUT2D eigenvalue weighted by atomic mass is 10.1. The van der Waals surface area contributed by atoms with Gasteiger partial charge in [-0.2, -0.15) is 0 Å². The molecule has 0 radical (unpaired) electrons. The predicted octanol–water partition coefficient (Wildman–Crippen LogP) is 2.69. The number of nitrogens with one attached hydrogen (secondary N) is 2. The minimum absolute atomic E-state index is 0. The van der Waals surface area contributed by atoms with Crippen LogP contribution < -0.4 is 15.5 Å². The van der Waals surface area contributed by atoms with Crippen LogP contribution in [0.25, 0.3) is 0 Å². The summed E-state index contributed by atoms with van der Waals surface area (Å²) in [6.07, 6.45) is 2.40. The fourth-order valence-corrected chi connectivity index (χ4v) is 4.03. The third kappa shape index (κ3) is 7.36. The largest absolute Gasteiger partial charge is 0.453 e. The molecule has 8 nitrogen and oxygen atoms in total. The average Bonchev–Trinajstić information content (AvgIpc) is 2.78. The maximum absolute atomic E-state index is 14.7. The first-order valence-corrected chi connectivity index (χ1v) is 11.1. The highest BCUT2D eigenvalue weighted by Crippen LogP contribution is 2.24. The van der Waals surface area contributed by atoms with Gasteiger partial charge in [-0.3, -0.25) is 0 Å². The topological polar surface area (TPSA) is 89.4 Å². The van der Waals surface area contributed by atoms with Crippen molar-refractivity contribution >= 4 is 41.7 Å². The summed E-state index contributed by atoms with van der Waals surface area (Å²) in [7, 11) is 1.40. The molecule has 0 unspecified atom stereocenters. The van der Waals surface area contributed by atoms with E-state index in [9.17, 15) is 14.3 Å². The van der Waals surface area contributed by atoms with Crippen LogP contribution >= 0.6 is 24.0 Å². The molecule has 180 valence electrons. The van der Waals surface area contributed by atoms with Gasteiger partial charge < -0.3 is 30.3 Å².